The summed E-state index contributed by atoms with van der Waals surface area (Å²) in [5.74, 6) is -0.0475. The van der Waals surface area contributed by atoms with Gasteiger partial charge in [-0.3, -0.25) is 5.10 Å². The average Bonchev–Trinajstić information content (AvgIpc) is 3.11. The zero-order valence-electron chi connectivity index (χ0n) is 14.8. The SMILES string of the molecule is CNc1cccc(-c2n[nH]c3ccc(CS(=O)(=O)c4ccccc4)cc23)c1. The first-order valence-corrected chi connectivity index (χ1v) is 10.2. The summed E-state index contributed by atoms with van der Waals surface area (Å²) in [7, 11) is -1.52. The Morgan fingerprint density at radius 1 is 0.963 bits per heavy atom. The van der Waals surface area contributed by atoms with Crippen molar-refractivity contribution >= 4 is 26.4 Å². The molecular formula is C21H19N3O2S. The Hall–Kier alpha value is -3.12. The van der Waals surface area contributed by atoms with Gasteiger partial charge in [-0.1, -0.05) is 36.4 Å². The van der Waals surface area contributed by atoms with E-state index in [2.05, 4.69) is 15.5 Å². The van der Waals surface area contributed by atoms with Gasteiger partial charge in [-0.2, -0.15) is 5.10 Å². The first-order valence-electron chi connectivity index (χ1n) is 8.60. The average molecular weight is 377 g/mol. The number of fused-ring (bicyclic) bond motifs is 1. The van der Waals surface area contributed by atoms with Crippen molar-refractivity contribution in [3.8, 4) is 11.3 Å². The Balaban J connectivity index is 1.74. The molecule has 27 heavy (non-hydrogen) atoms. The first kappa shape index (κ1) is 17.3. The Morgan fingerprint density at radius 3 is 2.56 bits per heavy atom. The van der Waals surface area contributed by atoms with Gasteiger partial charge >= 0.3 is 0 Å². The van der Waals surface area contributed by atoms with E-state index in [0.29, 0.717) is 4.90 Å². The van der Waals surface area contributed by atoms with Gasteiger partial charge in [0.25, 0.3) is 0 Å². The molecule has 1 heterocycles. The maximum atomic E-state index is 12.7. The van der Waals surface area contributed by atoms with Gasteiger partial charge in [-0.15, -0.1) is 0 Å². The second-order valence-corrected chi connectivity index (χ2v) is 8.34. The highest BCUT2D eigenvalue weighted by Gasteiger charge is 2.16. The number of aromatic amines is 1. The van der Waals surface area contributed by atoms with Crippen LogP contribution < -0.4 is 5.32 Å². The van der Waals surface area contributed by atoms with Crippen molar-refractivity contribution < 1.29 is 8.42 Å². The number of hydrogen-bond acceptors (Lipinski definition) is 4. The summed E-state index contributed by atoms with van der Waals surface area (Å²) in [5, 5.41) is 11.5. The number of nitrogens with zero attached hydrogens (tertiary/aromatic N) is 1. The second-order valence-electron chi connectivity index (χ2n) is 6.36. The summed E-state index contributed by atoms with van der Waals surface area (Å²) in [6.45, 7) is 0. The van der Waals surface area contributed by atoms with E-state index in [-0.39, 0.29) is 5.75 Å². The molecule has 4 aromatic rings. The van der Waals surface area contributed by atoms with Crippen LogP contribution in [0.1, 0.15) is 5.56 Å². The fourth-order valence-corrected chi connectivity index (χ4v) is 4.48. The molecule has 0 aliphatic rings. The van der Waals surface area contributed by atoms with E-state index < -0.39 is 9.84 Å². The van der Waals surface area contributed by atoms with Crippen LogP contribution in [0.3, 0.4) is 0 Å². The summed E-state index contributed by atoms with van der Waals surface area (Å²) in [4.78, 5) is 0.333. The predicted octanol–water partition coefficient (Wildman–Crippen LogP) is 4.25. The second kappa shape index (κ2) is 6.89. The number of nitrogens with one attached hydrogen (secondary N) is 2. The molecule has 0 bridgehead atoms. The molecular weight excluding hydrogens is 358 g/mol. The highest BCUT2D eigenvalue weighted by atomic mass is 32.2. The van der Waals surface area contributed by atoms with Crippen LogP contribution >= 0.6 is 0 Å². The van der Waals surface area contributed by atoms with Crippen molar-refractivity contribution in [2.45, 2.75) is 10.6 Å². The third-order valence-electron chi connectivity index (χ3n) is 4.51. The zero-order chi connectivity index (χ0) is 18.9. The van der Waals surface area contributed by atoms with Gasteiger partial charge in [-0.05, 0) is 42.0 Å². The van der Waals surface area contributed by atoms with Crippen LogP contribution in [-0.4, -0.2) is 25.7 Å². The number of anilines is 1. The van der Waals surface area contributed by atoms with E-state index in [0.717, 1.165) is 33.4 Å². The van der Waals surface area contributed by atoms with Crippen molar-refractivity contribution in [3.63, 3.8) is 0 Å². The van der Waals surface area contributed by atoms with E-state index in [1.807, 2.05) is 55.6 Å². The van der Waals surface area contributed by atoms with Crippen LogP contribution in [-0.2, 0) is 15.6 Å². The van der Waals surface area contributed by atoms with Crippen molar-refractivity contribution in [2.24, 2.45) is 0 Å². The minimum absolute atomic E-state index is 0.0475. The lowest BCUT2D eigenvalue weighted by molar-refractivity contribution is 0.595. The molecule has 0 atom stereocenters. The molecule has 0 saturated carbocycles. The van der Waals surface area contributed by atoms with Gasteiger partial charge in [0.15, 0.2) is 9.84 Å². The Bertz CT molecular complexity index is 1200. The molecule has 0 radical (unpaired) electrons. The van der Waals surface area contributed by atoms with Crippen LogP contribution in [0.25, 0.3) is 22.2 Å². The van der Waals surface area contributed by atoms with Crippen LogP contribution in [0.2, 0.25) is 0 Å². The molecule has 0 aliphatic carbocycles. The zero-order valence-corrected chi connectivity index (χ0v) is 15.6. The third-order valence-corrected chi connectivity index (χ3v) is 6.21. The molecule has 0 spiro atoms. The summed E-state index contributed by atoms with van der Waals surface area (Å²) in [6, 6.07) is 22.1. The van der Waals surface area contributed by atoms with E-state index in [4.69, 9.17) is 0 Å². The Labute approximate surface area is 158 Å². The largest absolute Gasteiger partial charge is 0.388 e. The standard InChI is InChI=1S/C21H19N3O2S/c1-22-17-7-5-6-16(13-17)21-19-12-15(10-11-20(19)23-24-21)14-27(25,26)18-8-3-2-4-9-18/h2-13,22H,14H2,1H3,(H,23,24). The number of sulfone groups is 1. The van der Waals surface area contributed by atoms with Crippen molar-refractivity contribution in [1.82, 2.24) is 10.2 Å². The summed E-state index contributed by atoms with van der Waals surface area (Å²) >= 11 is 0. The predicted molar refractivity (Wildman–Crippen MR) is 108 cm³/mol. The lowest BCUT2D eigenvalue weighted by Gasteiger charge is -2.06. The Morgan fingerprint density at radius 2 is 1.78 bits per heavy atom. The van der Waals surface area contributed by atoms with E-state index in [9.17, 15) is 8.42 Å². The monoisotopic (exact) mass is 377 g/mol. The van der Waals surface area contributed by atoms with E-state index in [1.54, 1.807) is 24.3 Å². The molecule has 3 aromatic carbocycles. The highest BCUT2D eigenvalue weighted by Crippen LogP contribution is 2.29. The molecule has 0 amide bonds. The van der Waals surface area contributed by atoms with Crippen LogP contribution in [0.15, 0.2) is 77.7 Å². The third kappa shape index (κ3) is 3.44. The number of hydrogen-bond donors (Lipinski definition) is 2. The molecule has 0 aliphatic heterocycles. The van der Waals surface area contributed by atoms with Crippen LogP contribution in [0, 0.1) is 0 Å². The highest BCUT2D eigenvalue weighted by molar-refractivity contribution is 7.90. The molecule has 0 unspecified atom stereocenters. The molecule has 4 rings (SSSR count). The molecule has 5 nitrogen and oxygen atoms in total. The Kier molecular flexibility index (Phi) is 4.41. The number of rotatable bonds is 5. The van der Waals surface area contributed by atoms with Gasteiger partial charge in [0.2, 0.25) is 0 Å². The molecule has 0 fully saturated rings. The maximum Gasteiger partial charge on any atom is 0.182 e. The minimum atomic E-state index is -3.39. The molecule has 0 saturated heterocycles. The smallest absolute Gasteiger partial charge is 0.182 e. The lowest BCUT2D eigenvalue weighted by Crippen LogP contribution is -2.04. The number of aromatic nitrogens is 2. The van der Waals surface area contributed by atoms with Crippen molar-refractivity contribution in [2.75, 3.05) is 12.4 Å². The molecule has 6 heteroatoms. The van der Waals surface area contributed by atoms with Crippen LogP contribution in [0.5, 0.6) is 0 Å². The topological polar surface area (TPSA) is 74.8 Å². The van der Waals surface area contributed by atoms with Crippen molar-refractivity contribution in [1.29, 1.82) is 0 Å². The lowest BCUT2D eigenvalue weighted by atomic mass is 10.1. The first-order chi connectivity index (χ1) is 13.1. The van der Waals surface area contributed by atoms with Crippen molar-refractivity contribution in [3.05, 3.63) is 78.4 Å². The van der Waals surface area contributed by atoms with Crippen LogP contribution in [0.4, 0.5) is 5.69 Å². The van der Waals surface area contributed by atoms with Gasteiger partial charge in [0, 0.05) is 23.7 Å². The van der Waals surface area contributed by atoms with Gasteiger partial charge in [0.05, 0.1) is 21.9 Å². The fraction of sp³-hybridized carbons (Fsp3) is 0.0952. The minimum Gasteiger partial charge on any atom is -0.388 e. The number of benzene rings is 3. The fourth-order valence-electron chi connectivity index (χ4n) is 3.12. The van der Waals surface area contributed by atoms with Gasteiger partial charge in [-0.25, -0.2) is 8.42 Å². The molecule has 2 N–H and O–H groups in total. The summed E-state index contributed by atoms with van der Waals surface area (Å²) < 4.78 is 25.4. The summed E-state index contributed by atoms with van der Waals surface area (Å²) in [6.07, 6.45) is 0. The van der Waals surface area contributed by atoms with E-state index in [1.165, 1.54) is 0 Å². The summed E-state index contributed by atoms with van der Waals surface area (Å²) in [5.41, 5.74) is 4.38. The maximum absolute atomic E-state index is 12.7. The quantitative estimate of drug-likeness (QED) is 0.545. The number of H-pyrrole nitrogens is 1. The molecule has 1 aromatic heterocycles. The van der Waals surface area contributed by atoms with Gasteiger partial charge < -0.3 is 5.32 Å². The normalized spacial score (nSPS) is 11.6. The molecule has 136 valence electrons. The van der Waals surface area contributed by atoms with E-state index >= 15 is 0 Å². The van der Waals surface area contributed by atoms with Gasteiger partial charge in [0.1, 0.15) is 0 Å².